The fourth-order valence-corrected chi connectivity index (χ4v) is 15.5. The molecule has 76 heavy (non-hydrogen) atoms. The standard InChI is InChI=1S/C73H45NS2/c1-2-16-46(17-3-1)49-36-42-53(50-37-43-67-63(44-50)58-20-6-11-29-66(58)73(67)64-27-9-4-18-56(64)57-19-5-10-28-65(57)73)68(45-49)74(51-38-32-47(33-39-51)54-23-14-25-61-59-21-7-12-30-69(59)75-71(54)61)52-40-34-48(35-41-52)55-24-15-26-62-60-22-8-13-31-70(60)76-72(55)62/h1-45H. The van der Waals surface area contributed by atoms with E-state index in [-0.39, 0.29) is 0 Å². The van der Waals surface area contributed by atoms with Gasteiger partial charge in [-0.05, 0) is 132 Å². The minimum absolute atomic E-state index is 0.409. The molecule has 0 saturated carbocycles. The molecule has 12 aromatic carbocycles. The van der Waals surface area contributed by atoms with Crippen molar-refractivity contribution in [1.82, 2.24) is 0 Å². The number of hydrogen-bond donors (Lipinski definition) is 0. The molecule has 0 aliphatic heterocycles. The molecule has 2 heterocycles. The Morgan fingerprint density at radius 3 is 1.22 bits per heavy atom. The Hall–Kier alpha value is -9.12. The summed E-state index contributed by atoms with van der Waals surface area (Å²) in [6.07, 6.45) is 0. The molecular weight excluding hydrogens is 955 g/mol. The average molecular weight is 1000 g/mol. The zero-order valence-electron chi connectivity index (χ0n) is 41.2. The number of hydrogen-bond acceptors (Lipinski definition) is 3. The van der Waals surface area contributed by atoms with Crippen LogP contribution in [0, 0.1) is 0 Å². The van der Waals surface area contributed by atoms with Gasteiger partial charge in [-0.3, -0.25) is 0 Å². The maximum atomic E-state index is 2.49. The zero-order valence-corrected chi connectivity index (χ0v) is 42.9. The number of benzene rings is 12. The van der Waals surface area contributed by atoms with Gasteiger partial charge in [0.1, 0.15) is 0 Å². The maximum Gasteiger partial charge on any atom is 0.0725 e. The largest absolute Gasteiger partial charge is 0.310 e. The van der Waals surface area contributed by atoms with Gasteiger partial charge in [-0.2, -0.15) is 0 Å². The zero-order chi connectivity index (χ0) is 49.9. The van der Waals surface area contributed by atoms with Crippen molar-refractivity contribution in [2.45, 2.75) is 5.41 Å². The van der Waals surface area contributed by atoms with Crippen LogP contribution in [-0.4, -0.2) is 0 Å². The highest BCUT2D eigenvalue weighted by atomic mass is 32.1. The molecular formula is C73H45NS2. The minimum Gasteiger partial charge on any atom is -0.310 e. The highest BCUT2D eigenvalue weighted by molar-refractivity contribution is 7.26. The van der Waals surface area contributed by atoms with Crippen LogP contribution in [0.1, 0.15) is 22.3 Å². The van der Waals surface area contributed by atoms with Crippen LogP contribution in [0.25, 0.3) is 107 Å². The Labute approximate surface area is 449 Å². The topological polar surface area (TPSA) is 3.24 Å². The van der Waals surface area contributed by atoms with Gasteiger partial charge in [-0.1, -0.05) is 224 Å². The SMILES string of the molecule is c1ccc(-c2ccc(-c3ccc4c(c3)-c3ccccc3C43c4ccccc4-c4ccccc43)c(N(c3ccc(-c4cccc5c4sc4ccccc45)cc3)c3ccc(-c4cccc5c4sc4ccccc45)cc3)c2)cc1. The number of anilines is 3. The normalized spacial score (nSPS) is 12.8. The van der Waals surface area contributed by atoms with Gasteiger partial charge in [0.2, 0.25) is 0 Å². The molecule has 2 aliphatic carbocycles. The first kappa shape index (κ1) is 43.3. The van der Waals surface area contributed by atoms with Crippen molar-refractivity contribution < 1.29 is 0 Å². The van der Waals surface area contributed by atoms with E-state index in [9.17, 15) is 0 Å². The van der Waals surface area contributed by atoms with Gasteiger partial charge in [0.05, 0.1) is 11.1 Å². The molecule has 0 unspecified atom stereocenters. The fraction of sp³-hybridized carbons (Fsp3) is 0.0137. The van der Waals surface area contributed by atoms with Crippen molar-refractivity contribution in [2.75, 3.05) is 4.90 Å². The number of fused-ring (bicyclic) bond motifs is 16. The van der Waals surface area contributed by atoms with E-state index in [0.717, 1.165) is 28.2 Å². The molecule has 0 atom stereocenters. The summed E-state index contributed by atoms with van der Waals surface area (Å²) in [4.78, 5) is 2.49. The minimum atomic E-state index is -0.409. The number of rotatable bonds is 7. The summed E-state index contributed by atoms with van der Waals surface area (Å²) >= 11 is 3.76. The van der Waals surface area contributed by atoms with Gasteiger partial charge in [0, 0.05) is 57.3 Å². The molecule has 0 saturated heterocycles. The Balaban J connectivity index is 0.900. The van der Waals surface area contributed by atoms with E-state index in [1.807, 2.05) is 22.7 Å². The highest BCUT2D eigenvalue weighted by Crippen LogP contribution is 2.63. The van der Waals surface area contributed by atoms with Crippen LogP contribution in [0.5, 0.6) is 0 Å². The van der Waals surface area contributed by atoms with Gasteiger partial charge in [0.15, 0.2) is 0 Å². The average Bonchev–Trinajstić information content (AvgIpc) is 4.44. The first-order valence-electron chi connectivity index (χ1n) is 26.1. The molecule has 0 radical (unpaired) electrons. The molecule has 0 fully saturated rings. The first-order chi connectivity index (χ1) is 37.7. The van der Waals surface area contributed by atoms with Crippen LogP contribution in [0.4, 0.5) is 17.1 Å². The molecule has 1 spiro atoms. The Morgan fingerprint density at radius 2 is 0.671 bits per heavy atom. The van der Waals surface area contributed by atoms with Gasteiger partial charge in [0.25, 0.3) is 0 Å². The van der Waals surface area contributed by atoms with Crippen LogP contribution >= 0.6 is 22.7 Å². The van der Waals surface area contributed by atoms with Gasteiger partial charge in [-0.15, -0.1) is 22.7 Å². The molecule has 3 heteroatoms. The molecule has 2 aliphatic rings. The van der Waals surface area contributed by atoms with E-state index in [0.29, 0.717) is 0 Å². The smallest absolute Gasteiger partial charge is 0.0725 e. The summed E-state index contributed by atoms with van der Waals surface area (Å²) in [7, 11) is 0. The monoisotopic (exact) mass is 999 g/mol. The second-order valence-electron chi connectivity index (χ2n) is 20.2. The number of thiophene rings is 2. The summed E-state index contributed by atoms with van der Waals surface area (Å²) in [6.45, 7) is 0. The van der Waals surface area contributed by atoms with Gasteiger partial charge in [-0.25, -0.2) is 0 Å². The Bertz CT molecular complexity index is 4430. The van der Waals surface area contributed by atoms with Crippen molar-refractivity contribution >= 4 is 80.1 Å². The molecule has 0 bridgehead atoms. The van der Waals surface area contributed by atoms with Gasteiger partial charge < -0.3 is 4.90 Å². The van der Waals surface area contributed by atoms with Crippen LogP contribution in [0.2, 0.25) is 0 Å². The van der Waals surface area contributed by atoms with Crippen LogP contribution in [0.15, 0.2) is 273 Å². The lowest BCUT2D eigenvalue weighted by molar-refractivity contribution is 0.794. The van der Waals surface area contributed by atoms with E-state index in [4.69, 9.17) is 0 Å². The van der Waals surface area contributed by atoms with Crippen molar-refractivity contribution in [3.05, 3.63) is 295 Å². The Morgan fingerprint density at radius 1 is 0.250 bits per heavy atom. The summed E-state index contributed by atoms with van der Waals surface area (Å²) in [5, 5.41) is 5.24. The molecule has 0 amide bonds. The van der Waals surface area contributed by atoms with Crippen LogP contribution in [-0.2, 0) is 5.41 Å². The van der Waals surface area contributed by atoms with Crippen LogP contribution in [0.3, 0.4) is 0 Å². The summed E-state index contributed by atoms with van der Waals surface area (Å²) in [5.41, 5.74) is 23.1. The van der Waals surface area contributed by atoms with Gasteiger partial charge >= 0.3 is 0 Å². The van der Waals surface area contributed by atoms with E-state index in [2.05, 4.69) is 278 Å². The summed E-state index contributed by atoms with van der Waals surface area (Å²) < 4.78 is 5.27. The van der Waals surface area contributed by atoms with E-state index < -0.39 is 5.41 Å². The predicted octanol–water partition coefficient (Wildman–Crippen LogP) is 20.9. The lowest BCUT2D eigenvalue weighted by Gasteiger charge is -2.31. The third-order valence-corrected chi connectivity index (χ3v) is 18.8. The van der Waals surface area contributed by atoms with Crippen molar-refractivity contribution in [3.8, 4) is 66.8 Å². The lowest BCUT2D eigenvalue weighted by Crippen LogP contribution is -2.25. The second-order valence-corrected chi connectivity index (χ2v) is 22.3. The van der Waals surface area contributed by atoms with Crippen molar-refractivity contribution in [1.29, 1.82) is 0 Å². The van der Waals surface area contributed by atoms with E-state index in [1.165, 1.54) is 118 Å². The quantitative estimate of drug-likeness (QED) is 0.154. The molecule has 1 nitrogen and oxygen atoms in total. The van der Waals surface area contributed by atoms with E-state index in [1.54, 1.807) is 0 Å². The maximum absolute atomic E-state index is 2.49. The molecule has 0 N–H and O–H groups in total. The molecule has 354 valence electrons. The van der Waals surface area contributed by atoms with Crippen LogP contribution < -0.4 is 4.90 Å². The third kappa shape index (κ3) is 6.37. The Kier molecular flexibility index (Phi) is 9.66. The lowest BCUT2D eigenvalue weighted by atomic mass is 9.70. The van der Waals surface area contributed by atoms with E-state index >= 15 is 0 Å². The van der Waals surface area contributed by atoms with Crippen molar-refractivity contribution in [2.24, 2.45) is 0 Å². The third-order valence-electron chi connectivity index (χ3n) is 16.3. The van der Waals surface area contributed by atoms with Crippen molar-refractivity contribution in [3.63, 3.8) is 0 Å². The highest BCUT2D eigenvalue weighted by Gasteiger charge is 2.51. The first-order valence-corrected chi connectivity index (χ1v) is 27.8. The molecule has 2 aromatic heterocycles. The predicted molar refractivity (Wildman–Crippen MR) is 325 cm³/mol. The molecule has 14 aromatic rings. The second kappa shape index (κ2) is 17.0. The fourth-order valence-electron chi connectivity index (χ4n) is 13.0. The summed E-state index contributed by atoms with van der Waals surface area (Å²) in [5.74, 6) is 0. The number of nitrogens with zero attached hydrogens (tertiary/aromatic N) is 1. The summed E-state index contributed by atoms with van der Waals surface area (Å²) in [6, 6.07) is 102. The molecule has 16 rings (SSSR count).